The Morgan fingerprint density at radius 3 is 2.05 bits per heavy atom. The molecule has 2 aliphatic carbocycles. The third-order valence-electron chi connectivity index (χ3n) is 5.73. The molecule has 0 radical (unpaired) electrons. The molecule has 2 heteroatoms. The second-order valence-corrected chi connectivity index (χ2v) is 7.13. The average molecular weight is 294 g/mol. The van der Waals surface area contributed by atoms with Gasteiger partial charge in [0.05, 0.1) is 0 Å². The van der Waals surface area contributed by atoms with Crippen molar-refractivity contribution in [2.75, 3.05) is 0 Å². The van der Waals surface area contributed by atoms with Crippen LogP contribution in [0.15, 0.2) is 12.1 Å². The highest BCUT2D eigenvalue weighted by Crippen LogP contribution is 2.41. The Hall–Kier alpha value is -0.920. The fourth-order valence-electron chi connectivity index (χ4n) is 4.42. The van der Waals surface area contributed by atoms with Crippen molar-refractivity contribution in [1.29, 1.82) is 0 Å². The number of halogens is 2. The summed E-state index contributed by atoms with van der Waals surface area (Å²) in [6.07, 6.45) is 11.3. The molecule has 0 bridgehead atoms. The molecule has 2 aliphatic rings. The Morgan fingerprint density at radius 2 is 1.52 bits per heavy atom. The van der Waals surface area contributed by atoms with E-state index in [0.29, 0.717) is 5.92 Å². The fraction of sp³-hybridized carbons (Fsp3) is 0.684. The van der Waals surface area contributed by atoms with E-state index in [4.69, 9.17) is 0 Å². The van der Waals surface area contributed by atoms with Crippen molar-refractivity contribution in [1.82, 2.24) is 0 Å². The van der Waals surface area contributed by atoms with E-state index < -0.39 is 11.6 Å². The SMILES string of the molecule is CCCCC1CCC(C2Cc3cc(F)c(F)cc3C2)CC1.[HH]. The number of benzene rings is 1. The van der Waals surface area contributed by atoms with Gasteiger partial charge in [0, 0.05) is 1.43 Å². The van der Waals surface area contributed by atoms with Crippen molar-refractivity contribution in [3.63, 3.8) is 0 Å². The van der Waals surface area contributed by atoms with Crippen molar-refractivity contribution >= 4 is 0 Å². The van der Waals surface area contributed by atoms with Gasteiger partial charge in [0.2, 0.25) is 0 Å². The van der Waals surface area contributed by atoms with Gasteiger partial charge in [-0.05, 0) is 66.7 Å². The molecule has 0 atom stereocenters. The van der Waals surface area contributed by atoms with Gasteiger partial charge in [-0.2, -0.15) is 0 Å². The van der Waals surface area contributed by atoms with Gasteiger partial charge in [-0.25, -0.2) is 8.78 Å². The van der Waals surface area contributed by atoms with Crippen LogP contribution in [-0.4, -0.2) is 0 Å². The minimum Gasteiger partial charge on any atom is -0.204 e. The van der Waals surface area contributed by atoms with Gasteiger partial charge in [0.25, 0.3) is 0 Å². The van der Waals surface area contributed by atoms with Gasteiger partial charge in [0.15, 0.2) is 11.6 Å². The highest BCUT2D eigenvalue weighted by molar-refractivity contribution is 5.33. The predicted octanol–water partition coefficient (Wildman–Crippen LogP) is 5.92. The topological polar surface area (TPSA) is 0 Å². The molecule has 0 unspecified atom stereocenters. The van der Waals surface area contributed by atoms with Crippen LogP contribution in [0.5, 0.6) is 0 Å². The summed E-state index contributed by atoms with van der Waals surface area (Å²) in [5.41, 5.74) is 2.10. The lowest BCUT2D eigenvalue weighted by molar-refractivity contribution is 0.200. The standard InChI is InChI=1S/C19H26F2.H2/c1-2-3-4-13-5-7-14(8-6-13)15-9-16-11-18(20)19(21)12-17(16)10-15;/h11-15H,2-10H2,1H3;1H. The molecule has 0 nitrogen and oxygen atoms in total. The van der Waals surface area contributed by atoms with E-state index in [0.717, 1.165) is 35.8 Å². The minimum atomic E-state index is -0.683. The highest BCUT2D eigenvalue weighted by Gasteiger charge is 2.32. The summed E-state index contributed by atoms with van der Waals surface area (Å²) in [5, 5.41) is 0. The van der Waals surface area contributed by atoms with Crippen LogP contribution >= 0.6 is 0 Å². The summed E-state index contributed by atoms with van der Waals surface area (Å²) >= 11 is 0. The molecule has 1 aromatic rings. The lowest BCUT2D eigenvalue weighted by atomic mass is 9.73. The van der Waals surface area contributed by atoms with Crippen molar-refractivity contribution in [3.05, 3.63) is 34.9 Å². The summed E-state index contributed by atoms with van der Waals surface area (Å²) in [6.45, 7) is 2.26. The maximum Gasteiger partial charge on any atom is 0.159 e. The molecular formula is C19H28F2. The molecule has 0 aliphatic heterocycles. The normalized spacial score (nSPS) is 26.0. The molecule has 0 N–H and O–H groups in total. The zero-order chi connectivity index (χ0) is 14.8. The first-order chi connectivity index (χ1) is 10.2. The lowest BCUT2D eigenvalue weighted by Crippen LogP contribution is -2.22. The molecular weight excluding hydrogens is 266 g/mol. The Balaban J connectivity index is 0.00000176. The molecule has 0 spiro atoms. The second-order valence-electron chi connectivity index (χ2n) is 7.13. The molecule has 1 saturated carbocycles. The van der Waals surface area contributed by atoms with Gasteiger partial charge >= 0.3 is 0 Å². The lowest BCUT2D eigenvalue weighted by Gasteiger charge is -2.32. The van der Waals surface area contributed by atoms with E-state index in [-0.39, 0.29) is 1.43 Å². The Labute approximate surface area is 128 Å². The second kappa shape index (κ2) is 6.46. The first-order valence-electron chi connectivity index (χ1n) is 8.64. The minimum absolute atomic E-state index is 0. The number of unbranched alkanes of at least 4 members (excludes halogenated alkanes) is 1. The van der Waals surface area contributed by atoms with Crippen LogP contribution in [0.3, 0.4) is 0 Å². The first-order valence-corrected chi connectivity index (χ1v) is 8.64. The van der Waals surface area contributed by atoms with Crippen LogP contribution in [0.4, 0.5) is 8.78 Å². The quantitative estimate of drug-likeness (QED) is 0.646. The van der Waals surface area contributed by atoms with E-state index in [1.165, 1.54) is 57.1 Å². The van der Waals surface area contributed by atoms with Crippen LogP contribution in [0.2, 0.25) is 0 Å². The van der Waals surface area contributed by atoms with Gasteiger partial charge in [0.1, 0.15) is 0 Å². The number of rotatable bonds is 4. The van der Waals surface area contributed by atoms with Gasteiger partial charge in [-0.1, -0.05) is 39.0 Å². The summed E-state index contributed by atoms with van der Waals surface area (Å²) in [6, 6.07) is 2.86. The van der Waals surface area contributed by atoms with Crippen LogP contribution in [0.25, 0.3) is 0 Å². The first kappa shape index (κ1) is 15.0. The summed E-state index contributed by atoms with van der Waals surface area (Å²) < 4.78 is 26.7. The molecule has 0 aromatic heterocycles. The van der Waals surface area contributed by atoms with E-state index in [1.54, 1.807) is 0 Å². The monoisotopic (exact) mass is 294 g/mol. The zero-order valence-electron chi connectivity index (χ0n) is 13.0. The van der Waals surface area contributed by atoms with Crippen LogP contribution < -0.4 is 0 Å². The van der Waals surface area contributed by atoms with Crippen molar-refractivity contribution in [3.8, 4) is 0 Å². The smallest absolute Gasteiger partial charge is 0.159 e. The molecule has 118 valence electrons. The maximum absolute atomic E-state index is 13.3. The molecule has 0 amide bonds. The number of hydrogen-bond donors (Lipinski definition) is 0. The van der Waals surface area contributed by atoms with Crippen LogP contribution in [0, 0.1) is 29.4 Å². The average Bonchev–Trinajstić information content (AvgIpc) is 2.89. The Bertz CT molecular complexity index is 461. The fourth-order valence-corrected chi connectivity index (χ4v) is 4.42. The molecule has 1 fully saturated rings. The van der Waals surface area contributed by atoms with E-state index in [1.807, 2.05) is 0 Å². The van der Waals surface area contributed by atoms with E-state index >= 15 is 0 Å². The third kappa shape index (κ3) is 3.30. The summed E-state index contributed by atoms with van der Waals surface area (Å²) in [7, 11) is 0. The van der Waals surface area contributed by atoms with Gasteiger partial charge in [-0.15, -0.1) is 0 Å². The van der Waals surface area contributed by atoms with E-state index in [2.05, 4.69) is 6.92 Å². The molecule has 0 saturated heterocycles. The van der Waals surface area contributed by atoms with Crippen molar-refractivity contribution < 1.29 is 10.2 Å². The molecule has 0 heterocycles. The largest absolute Gasteiger partial charge is 0.204 e. The molecule has 3 rings (SSSR count). The van der Waals surface area contributed by atoms with Crippen LogP contribution in [0.1, 0.15) is 64.4 Å². The molecule has 1 aromatic carbocycles. The van der Waals surface area contributed by atoms with Crippen molar-refractivity contribution in [2.24, 2.45) is 17.8 Å². The molecule has 21 heavy (non-hydrogen) atoms. The van der Waals surface area contributed by atoms with Crippen molar-refractivity contribution in [2.45, 2.75) is 64.7 Å². The number of hydrogen-bond acceptors (Lipinski definition) is 0. The zero-order valence-corrected chi connectivity index (χ0v) is 13.0. The van der Waals surface area contributed by atoms with Gasteiger partial charge in [-0.3, -0.25) is 0 Å². The predicted molar refractivity (Wildman–Crippen MR) is 84.3 cm³/mol. The van der Waals surface area contributed by atoms with Crippen LogP contribution in [-0.2, 0) is 12.8 Å². The van der Waals surface area contributed by atoms with Gasteiger partial charge < -0.3 is 0 Å². The maximum atomic E-state index is 13.3. The number of fused-ring (bicyclic) bond motifs is 1. The van der Waals surface area contributed by atoms with E-state index in [9.17, 15) is 8.78 Å². The third-order valence-corrected chi connectivity index (χ3v) is 5.73. The Morgan fingerprint density at radius 1 is 0.952 bits per heavy atom. The summed E-state index contributed by atoms with van der Waals surface area (Å²) in [4.78, 5) is 0. The Kier molecular flexibility index (Phi) is 4.61. The summed E-state index contributed by atoms with van der Waals surface area (Å²) in [5.74, 6) is 0.949. The highest BCUT2D eigenvalue weighted by atomic mass is 19.2.